The number of nitrogens with one attached hydrogen (secondary N) is 2. The molecule has 0 spiro atoms. The SMILES string of the molecule is CN=C(NCc1ccc(C)cc1OCC1CCOC1)NCC1CCCN1C. The minimum atomic E-state index is 0.504. The number of benzene rings is 1. The van der Waals surface area contributed by atoms with E-state index in [4.69, 9.17) is 9.47 Å². The molecule has 2 fully saturated rings. The molecule has 2 atom stereocenters. The minimum Gasteiger partial charge on any atom is -0.493 e. The second kappa shape index (κ2) is 9.95. The first-order valence-electron chi connectivity index (χ1n) is 10.1. The lowest BCUT2D eigenvalue weighted by molar-refractivity contribution is 0.166. The maximum absolute atomic E-state index is 6.14. The van der Waals surface area contributed by atoms with Crippen LogP contribution in [0.3, 0.4) is 0 Å². The third-order valence-electron chi connectivity index (χ3n) is 5.57. The number of ether oxygens (including phenoxy) is 2. The topological polar surface area (TPSA) is 58.1 Å². The van der Waals surface area contributed by atoms with Gasteiger partial charge in [0.25, 0.3) is 0 Å². The average Bonchev–Trinajstić information content (AvgIpc) is 3.33. The van der Waals surface area contributed by atoms with Gasteiger partial charge >= 0.3 is 0 Å². The van der Waals surface area contributed by atoms with Gasteiger partial charge in [0, 0.05) is 44.3 Å². The smallest absolute Gasteiger partial charge is 0.191 e. The number of hydrogen-bond donors (Lipinski definition) is 2. The van der Waals surface area contributed by atoms with Gasteiger partial charge in [0.05, 0.1) is 13.2 Å². The molecule has 0 saturated carbocycles. The molecule has 2 unspecified atom stereocenters. The van der Waals surface area contributed by atoms with Crippen LogP contribution < -0.4 is 15.4 Å². The summed E-state index contributed by atoms with van der Waals surface area (Å²) in [5.74, 6) is 2.30. The van der Waals surface area contributed by atoms with Gasteiger partial charge in [-0.1, -0.05) is 12.1 Å². The zero-order valence-electron chi connectivity index (χ0n) is 17.0. The van der Waals surface area contributed by atoms with E-state index >= 15 is 0 Å². The van der Waals surface area contributed by atoms with E-state index in [0.717, 1.165) is 50.1 Å². The third kappa shape index (κ3) is 5.84. The molecular formula is C21H34N4O2. The van der Waals surface area contributed by atoms with Gasteiger partial charge in [-0.15, -0.1) is 0 Å². The van der Waals surface area contributed by atoms with Gasteiger partial charge in [0.1, 0.15) is 5.75 Å². The molecule has 3 rings (SSSR count). The van der Waals surface area contributed by atoms with E-state index in [-0.39, 0.29) is 0 Å². The second-order valence-corrected chi connectivity index (χ2v) is 7.74. The largest absolute Gasteiger partial charge is 0.493 e. The van der Waals surface area contributed by atoms with Crippen molar-refractivity contribution in [2.75, 3.05) is 47.0 Å². The summed E-state index contributed by atoms with van der Waals surface area (Å²) < 4.78 is 11.6. The molecule has 2 aliphatic rings. The molecule has 2 heterocycles. The van der Waals surface area contributed by atoms with Crippen LogP contribution in [0.25, 0.3) is 0 Å². The van der Waals surface area contributed by atoms with E-state index in [9.17, 15) is 0 Å². The molecule has 1 aromatic carbocycles. The summed E-state index contributed by atoms with van der Waals surface area (Å²) in [6.07, 6.45) is 3.62. The molecule has 0 bridgehead atoms. The van der Waals surface area contributed by atoms with Gasteiger partial charge in [-0.3, -0.25) is 4.99 Å². The molecule has 0 aliphatic carbocycles. The molecule has 27 heavy (non-hydrogen) atoms. The monoisotopic (exact) mass is 374 g/mol. The quantitative estimate of drug-likeness (QED) is 0.566. The van der Waals surface area contributed by atoms with E-state index in [2.05, 4.69) is 52.7 Å². The zero-order chi connectivity index (χ0) is 19.1. The summed E-state index contributed by atoms with van der Waals surface area (Å²) in [5, 5.41) is 6.89. The van der Waals surface area contributed by atoms with E-state index < -0.39 is 0 Å². The van der Waals surface area contributed by atoms with Crippen molar-refractivity contribution in [3.8, 4) is 5.75 Å². The molecule has 0 radical (unpaired) electrons. The molecule has 150 valence electrons. The standard InChI is InChI=1S/C21H34N4O2/c1-16-6-7-18(20(11-16)27-15-17-8-10-26-14-17)12-23-21(22-2)24-13-19-5-4-9-25(19)3/h6-7,11,17,19H,4-5,8-10,12-15H2,1-3H3,(H2,22,23,24). The Balaban J connectivity index is 1.52. The van der Waals surface area contributed by atoms with Gasteiger partial charge in [-0.05, 0) is 51.4 Å². The predicted molar refractivity (Wildman–Crippen MR) is 109 cm³/mol. The van der Waals surface area contributed by atoms with Crippen molar-refractivity contribution in [2.45, 2.75) is 38.8 Å². The number of hydrogen-bond acceptors (Lipinski definition) is 4. The van der Waals surface area contributed by atoms with E-state index in [1.807, 2.05) is 7.05 Å². The normalized spacial score (nSPS) is 23.6. The fourth-order valence-electron chi connectivity index (χ4n) is 3.72. The van der Waals surface area contributed by atoms with Gasteiger partial charge in [-0.25, -0.2) is 0 Å². The van der Waals surface area contributed by atoms with Crippen molar-refractivity contribution >= 4 is 5.96 Å². The lowest BCUT2D eigenvalue weighted by Gasteiger charge is -2.21. The van der Waals surface area contributed by atoms with Crippen molar-refractivity contribution in [1.29, 1.82) is 0 Å². The van der Waals surface area contributed by atoms with Crippen molar-refractivity contribution in [3.05, 3.63) is 29.3 Å². The van der Waals surface area contributed by atoms with Crippen LogP contribution in [-0.2, 0) is 11.3 Å². The number of likely N-dealkylation sites (N-methyl/N-ethyl adjacent to an activating group) is 1. The Bertz CT molecular complexity index is 629. The fraction of sp³-hybridized carbons (Fsp3) is 0.667. The Labute approximate surface area is 163 Å². The molecule has 0 amide bonds. The first-order chi connectivity index (χ1) is 13.2. The molecule has 0 aromatic heterocycles. The van der Waals surface area contributed by atoms with Crippen molar-refractivity contribution in [1.82, 2.24) is 15.5 Å². The number of rotatable bonds is 7. The zero-order valence-corrected chi connectivity index (χ0v) is 17.0. The Hall–Kier alpha value is -1.79. The fourth-order valence-corrected chi connectivity index (χ4v) is 3.72. The second-order valence-electron chi connectivity index (χ2n) is 7.74. The number of aryl methyl sites for hydroxylation is 1. The first kappa shape index (κ1) is 20.0. The van der Waals surface area contributed by atoms with Crippen LogP contribution in [-0.4, -0.2) is 63.9 Å². The van der Waals surface area contributed by atoms with E-state index in [0.29, 0.717) is 18.5 Å². The molecule has 6 heteroatoms. The summed E-state index contributed by atoms with van der Waals surface area (Å²) in [6, 6.07) is 6.99. The first-order valence-corrected chi connectivity index (χ1v) is 10.1. The lowest BCUT2D eigenvalue weighted by Crippen LogP contribution is -2.43. The van der Waals surface area contributed by atoms with Crippen LogP contribution in [0, 0.1) is 12.8 Å². The maximum Gasteiger partial charge on any atom is 0.191 e. The highest BCUT2D eigenvalue weighted by atomic mass is 16.5. The maximum atomic E-state index is 6.14. The van der Waals surface area contributed by atoms with Gasteiger partial charge in [0.2, 0.25) is 0 Å². The van der Waals surface area contributed by atoms with Crippen LogP contribution in [0.1, 0.15) is 30.4 Å². The van der Waals surface area contributed by atoms with E-state index in [1.165, 1.54) is 24.9 Å². The number of guanidine groups is 1. The van der Waals surface area contributed by atoms with Crippen LogP contribution in [0.15, 0.2) is 23.2 Å². The van der Waals surface area contributed by atoms with Crippen molar-refractivity contribution in [3.63, 3.8) is 0 Å². The van der Waals surface area contributed by atoms with Crippen molar-refractivity contribution in [2.24, 2.45) is 10.9 Å². The summed E-state index contributed by atoms with van der Waals surface area (Å²) in [7, 11) is 4.02. The Morgan fingerprint density at radius 2 is 2.22 bits per heavy atom. The third-order valence-corrected chi connectivity index (χ3v) is 5.57. The molecule has 2 saturated heterocycles. The van der Waals surface area contributed by atoms with Crippen LogP contribution in [0.5, 0.6) is 5.75 Å². The molecule has 2 aliphatic heterocycles. The van der Waals surface area contributed by atoms with Gasteiger partial charge in [-0.2, -0.15) is 0 Å². The van der Waals surface area contributed by atoms with Gasteiger partial charge in [0.15, 0.2) is 5.96 Å². The Morgan fingerprint density at radius 1 is 1.33 bits per heavy atom. The van der Waals surface area contributed by atoms with Gasteiger partial charge < -0.3 is 25.0 Å². The number of nitrogens with zero attached hydrogens (tertiary/aromatic N) is 2. The average molecular weight is 375 g/mol. The highest BCUT2D eigenvalue weighted by Gasteiger charge is 2.21. The number of aliphatic imine (C=N–C) groups is 1. The molecule has 6 nitrogen and oxygen atoms in total. The highest BCUT2D eigenvalue weighted by Crippen LogP contribution is 2.22. The number of likely N-dealkylation sites (tertiary alicyclic amines) is 1. The van der Waals surface area contributed by atoms with Crippen molar-refractivity contribution < 1.29 is 9.47 Å². The van der Waals surface area contributed by atoms with Crippen LogP contribution in [0.4, 0.5) is 0 Å². The summed E-state index contributed by atoms with van der Waals surface area (Å²) >= 11 is 0. The summed E-state index contributed by atoms with van der Waals surface area (Å²) in [5.41, 5.74) is 2.36. The molecular weight excluding hydrogens is 340 g/mol. The van der Waals surface area contributed by atoms with Crippen LogP contribution >= 0.6 is 0 Å². The van der Waals surface area contributed by atoms with Crippen LogP contribution in [0.2, 0.25) is 0 Å². The predicted octanol–water partition coefficient (Wildman–Crippen LogP) is 2.17. The Kier molecular flexibility index (Phi) is 7.35. The summed E-state index contributed by atoms with van der Waals surface area (Å²) in [4.78, 5) is 6.78. The molecule has 1 aromatic rings. The van der Waals surface area contributed by atoms with E-state index in [1.54, 1.807) is 0 Å². The lowest BCUT2D eigenvalue weighted by atomic mass is 10.1. The summed E-state index contributed by atoms with van der Waals surface area (Å²) in [6.45, 7) is 7.29. The highest BCUT2D eigenvalue weighted by molar-refractivity contribution is 5.79. The minimum absolute atomic E-state index is 0.504. The Morgan fingerprint density at radius 3 is 2.93 bits per heavy atom. The molecule has 2 N–H and O–H groups in total.